The number of ether oxygens (including phenoxy) is 1. The van der Waals surface area contributed by atoms with E-state index in [1.807, 2.05) is 32.0 Å². The Kier molecular flexibility index (Phi) is 3.94. The highest BCUT2D eigenvalue weighted by Gasteiger charge is 2.12. The second-order valence-electron chi connectivity index (χ2n) is 4.71. The SMILES string of the molecule is COc1cc(N)ccc1C(=O)Nc1ccc(C)c(C)c1. The first kappa shape index (κ1) is 13.9. The van der Waals surface area contributed by atoms with E-state index >= 15 is 0 Å². The summed E-state index contributed by atoms with van der Waals surface area (Å²) in [6.07, 6.45) is 0. The first-order valence-corrected chi connectivity index (χ1v) is 6.33. The highest BCUT2D eigenvalue weighted by atomic mass is 16.5. The fourth-order valence-corrected chi connectivity index (χ4v) is 1.91. The number of methoxy groups -OCH3 is 1. The van der Waals surface area contributed by atoms with E-state index in [1.54, 1.807) is 18.2 Å². The van der Waals surface area contributed by atoms with Crippen molar-refractivity contribution in [1.82, 2.24) is 0 Å². The van der Waals surface area contributed by atoms with Gasteiger partial charge in [0.1, 0.15) is 5.75 Å². The van der Waals surface area contributed by atoms with E-state index < -0.39 is 0 Å². The zero-order valence-corrected chi connectivity index (χ0v) is 11.9. The molecule has 2 aromatic carbocycles. The lowest BCUT2D eigenvalue weighted by Crippen LogP contribution is -2.13. The summed E-state index contributed by atoms with van der Waals surface area (Å²) >= 11 is 0. The second-order valence-corrected chi connectivity index (χ2v) is 4.71. The molecule has 0 saturated carbocycles. The van der Waals surface area contributed by atoms with Crippen LogP contribution in [0.4, 0.5) is 11.4 Å². The lowest BCUT2D eigenvalue weighted by Gasteiger charge is -2.11. The smallest absolute Gasteiger partial charge is 0.259 e. The molecule has 0 bridgehead atoms. The quantitative estimate of drug-likeness (QED) is 0.842. The minimum Gasteiger partial charge on any atom is -0.496 e. The molecule has 2 aromatic rings. The second kappa shape index (κ2) is 5.65. The first-order valence-electron chi connectivity index (χ1n) is 6.33. The number of aryl methyl sites for hydroxylation is 2. The van der Waals surface area contributed by atoms with Crippen molar-refractivity contribution in [3.05, 3.63) is 53.1 Å². The number of benzene rings is 2. The summed E-state index contributed by atoms with van der Waals surface area (Å²) < 4.78 is 5.19. The van der Waals surface area contributed by atoms with Crippen LogP contribution < -0.4 is 15.8 Å². The Labute approximate surface area is 118 Å². The van der Waals surface area contributed by atoms with Gasteiger partial charge in [0.25, 0.3) is 5.91 Å². The summed E-state index contributed by atoms with van der Waals surface area (Å²) in [6, 6.07) is 10.8. The van der Waals surface area contributed by atoms with Gasteiger partial charge < -0.3 is 15.8 Å². The summed E-state index contributed by atoms with van der Waals surface area (Å²) in [4.78, 5) is 12.3. The number of anilines is 2. The highest BCUT2D eigenvalue weighted by Crippen LogP contribution is 2.23. The minimum absolute atomic E-state index is 0.217. The fourth-order valence-electron chi connectivity index (χ4n) is 1.91. The lowest BCUT2D eigenvalue weighted by molar-refractivity contribution is 0.102. The monoisotopic (exact) mass is 270 g/mol. The Morgan fingerprint density at radius 1 is 1.10 bits per heavy atom. The number of nitrogens with one attached hydrogen (secondary N) is 1. The Morgan fingerprint density at radius 3 is 2.50 bits per heavy atom. The molecule has 0 fully saturated rings. The average Bonchev–Trinajstić information content (AvgIpc) is 2.42. The van der Waals surface area contributed by atoms with E-state index in [4.69, 9.17) is 10.5 Å². The molecule has 4 nitrogen and oxygen atoms in total. The van der Waals surface area contributed by atoms with Gasteiger partial charge in [-0.15, -0.1) is 0 Å². The van der Waals surface area contributed by atoms with Crippen LogP contribution in [-0.4, -0.2) is 13.0 Å². The van der Waals surface area contributed by atoms with E-state index in [0.29, 0.717) is 17.0 Å². The number of hydrogen-bond acceptors (Lipinski definition) is 3. The van der Waals surface area contributed by atoms with Gasteiger partial charge in [0.15, 0.2) is 0 Å². The summed E-state index contributed by atoms with van der Waals surface area (Å²) in [6.45, 7) is 4.04. The van der Waals surface area contributed by atoms with Gasteiger partial charge in [-0.2, -0.15) is 0 Å². The molecule has 0 aliphatic rings. The van der Waals surface area contributed by atoms with Crippen LogP contribution in [0.2, 0.25) is 0 Å². The number of hydrogen-bond donors (Lipinski definition) is 2. The predicted molar refractivity (Wildman–Crippen MR) is 81.3 cm³/mol. The summed E-state index contributed by atoms with van der Waals surface area (Å²) in [5.74, 6) is 0.247. The molecular formula is C16H18N2O2. The van der Waals surface area contributed by atoms with Crippen LogP contribution in [-0.2, 0) is 0 Å². The van der Waals surface area contributed by atoms with E-state index in [0.717, 1.165) is 11.3 Å². The minimum atomic E-state index is -0.217. The number of carbonyl (C=O) groups is 1. The number of amides is 1. The zero-order valence-electron chi connectivity index (χ0n) is 11.9. The molecule has 4 heteroatoms. The van der Waals surface area contributed by atoms with E-state index in [2.05, 4.69) is 5.32 Å². The van der Waals surface area contributed by atoms with Crippen LogP contribution in [0.25, 0.3) is 0 Å². The van der Waals surface area contributed by atoms with Crippen molar-refractivity contribution in [2.24, 2.45) is 0 Å². The van der Waals surface area contributed by atoms with Gasteiger partial charge in [0.2, 0.25) is 0 Å². The van der Waals surface area contributed by atoms with Crippen molar-refractivity contribution >= 4 is 17.3 Å². The van der Waals surface area contributed by atoms with Crippen LogP contribution >= 0.6 is 0 Å². The van der Waals surface area contributed by atoms with E-state index in [1.165, 1.54) is 12.7 Å². The number of carbonyl (C=O) groups excluding carboxylic acids is 1. The van der Waals surface area contributed by atoms with Crippen LogP contribution in [0, 0.1) is 13.8 Å². The van der Waals surface area contributed by atoms with Crippen molar-refractivity contribution in [1.29, 1.82) is 0 Å². The van der Waals surface area contributed by atoms with Crippen LogP contribution in [0.5, 0.6) is 5.75 Å². The molecule has 0 radical (unpaired) electrons. The Morgan fingerprint density at radius 2 is 1.85 bits per heavy atom. The molecule has 3 N–H and O–H groups in total. The average molecular weight is 270 g/mol. The lowest BCUT2D eigenvalue weighted by atomic mass is 10.1. The highest BCUT2D eigenvalue weighted by molar-refractivity contribution is 6.06. The normalized spacial score (nSPS) is 10.2. The van der Waals surface area contributed by atoms with E-state index in [9.17, 15) is 4.79 Å². The molecule has 1 amide bonds. The molecule has 0 aromatic heterocycles. The van der Waals surface area contributed by atoms with Gasteiger partial charge in [-0.1, -0.05) is 6.07 Å². The van der Waals surface area contributed by atoms with Gasteiger partial charge in [0.05, 0.1) is 12.7 Å². The zero-order chi connectivity index (χ0) is 14.7. The van der Waals surface area contributed by atoms with Crippen LogP contribution in [0.3, 0.4) is 0 Å². The van der Waals surface area contributed by atoms with Crippen molar-refractivity contribution in [3.63, 3.8) is 0 Å². The largest absolute Gasteiger partial charge is 0.496 e. The third kappa shape index (κ3) is 2.91. The number of rotatable bonds is 3. The third-order valence-electron chi connectivity index (χ3n) is 3.23. The molecule has 0 heterocycles. The molecule has 0 aliphatic carbocycles. The Bertz CT molecular complexity index is 651. The molecule has 104 valence electrons. The standard InChI is InChI=1S/C16H18N2O2/c1-10-4-6-13(8-11(10)2)18-16(19)14-7-5-12(17)9-15(14)20-3/h4-9H,17H2,1-3H3,(H,18,19). The third-order valence-corrected chi connectivity index (χ3v) is 3.23. The van der Waals surface area contributed by atoms with Gasteiger partial charge in [-0.05, 0) is 49.2 Å². The molecule has 0 saturated heterocycles. The van der Waals surface area contributed by atoms with Crippen LogP contribution in [0.15, 0.2) is 36.4 Å². The summed E-state index contributed by atoms with van der Waals surface area (Å²) in [5.41, 5.74) is 9.78. The maximum atomic E-state index is 12.3. The predicted octanol–water partition coefficient (Wildman–Crippen LogP) is 3.15. The molecule has 0 aliphatic heterocycles. The fraction of sp³-hybridized carbons (Fsp3) is 0.188. The van der Waals surface area contributed by atoms with Crippen molar-refractivity contribution in [3.8, 4) is 5.75 Å². The Hall–Kier alpha value is -2.49. The topological polar surface area (TPSA) is 64.3 Å². The van der Waals surface area contributed by atoms with Gasteiger partial charge in [-0.25, -0.2) is 0 Å². The molecular weight excluding hydrogens is 252 g/mol. The molecule has 2 rings (SSSR count). The van der Waals surface area contributed by atoms with Crippen LogP contribution in [0.1, 0.15) is 21.5 Å². The molecule has 20 heavy (non-hydrogen) atoms. The Balaban J connectivity index is 2.25. The maximum Gasteiger partial charge on any atom is 0.259 e. The van der Waals surface area contributed by atoms with Crippen molar-refractivity contribution in [2.75, 3.05) is 18.2 Å². The summed E-state index contributed by atoms with van der Waals surface area (Å²) in [7, 11) is 1.52. The van der Waals surface area contributed by atoms with Gasteiger partial charge >= 0.3 is 0 Å². The number of nitrogen functional groups attached to an aromatic ring is 1. The van der Waals surface area contributed by atoms with E-state index in [-0.39, 0.29) is 5.91 Å². The maximum absolute atomic E-state index is 12.3. The summed E-state index contributed by atoms with van der Waals surface area (Å²) in [5, 5.41) is 2.86. The first-order chi connectivity index (χ1) is 9.51. The molecule has 0 spiro atoms. The van der Waals surface area contributed by atoms with Gasteiger partial charge in [-0.3, -0.25) is 4.79 Å². The molecule has 0 unspecified atom stereocenters. The number of nitrogens with two attached hydrogens (primary N) is 1. The van der Waals surface area contributed by atoms with Crippen molar-refractivity contribution < 1.29 is 9.53 Å². The van der Waals surface area contributed by atoms with Gasteiger partial charge in [0, 0.05) is 17.4 Å². The molecule has 0 atom stereocenters. The van der Waals surface area contributed by atoms with Crippen molar-refractivity contribution in [2.45, 2.75) is 13.8 Å².